The van der Waals surface area contributed by atoms with E-state index >= 15 is 0 Å². The van der Waals surface area contributed by atoms with Crippen molar-refractivity contribution >= 4 is 5.91 Å². The fourth-order valence-electron chi connectivity index (χ4n) is 1.97. The molecule has 0 aliphatic carbocycles. The number of hydrogen-bond acceptors (Lipinski definition) is 4. The van der Waals surface area contributed by atoms with Gasteiger partial charge in [-0.3, -0.25) is 4.79 Å². The van der Waals surface area contributed by atoms with Crippen molar-refractivity contribution in [2.24, 2.45) is 11.7 Å². The molecule has 0 aliphatic heterocycles. The van der Waals surface area contributed by atoms with Gasteiger partial charge in [-0.15, -0.1) is 0 Å². The molecule has 5 nitrogen and oxygen atoms in total. The molecule has 2 rings (SSSR count). The fraction of sp³-hybridized carbons (Fsp3) is 0.333. The molecule has 1 aromatic heterocycles. The summed E-state index contributed by atoms with van der Waals surface area (Å²) in [5, 5.41) is 6.65. The van der Waals surface area contributed by atoms with E-state index in [1.54, 1.807) is 6.07 Å². The SMILES string of the molecule is Cc1cc(CNC(=O)C(C)C(N)c2ccccc2)no1. The quantitative estimate of drug-likeness (QED) is 0.872. The monoisotopic (exact) mass is 273 g/mol. The van der Waals surface area contributed by atoms with E-state index in [0.717, 1.165) is 11.3 Å². The van der Waals surface area contributed by atoms with Crippen LogP contribution in [0.5, 0.6) is 0 Å². The number of carbonyl (C=O) groups is 1. The molecule has 0 fully saturated rings. The lowest BCUT2D eigenvalue weighted by Gasteiger charge is -2.19. The maximum absolute atomic E-state index is 12.1. The number of benzene rings is 1. The first kappa shape index (κ1) is 14.3. The van der Waals surface area contributed by atoms with Crippen LogP contribution in [-0.2, 0) is 11.3 Å². The molecule has 1 aromatic carbocycles. The number of aryl methyl sites for hydroxylation is 1. The van der Waals surface area contributed by atoms with E-state index in [1.165, 1.54) is 0 Å². The molecule has 20 heavy (non-hydrogen) atoms. The van der Waals surface area contributed by atoms with Crippen LogP contribution in [0, 0.1) is 12.8 Å². The first-order chi connectivity index (χ1) is 9.58. The lowest BCUT2D eigenvalue weighted by atomic mass is 9.95. The van der Waals surface area contributed by atoms with Crippen molar-refractivity contribution in [3.63, 3.8) is 0 Å². The Morgan fingerprint density at radius 2 is 2.10 bits per heavy atom. The van der Waals surface area contributed by atoms with Gasteiger partial charge in [0.15, 0.2) is 0 Å². The molecule has 1 amide bonds. The molecule has 5 heteroatoms. The largest absolute Gasteiger partial charge is 0.361 e. The highest BCUT2D eigenvalue weighted by atomic mass is 16.5. The summed E-state index contributed by atoms with van der Waals surface area (Å²) in [7, 11) is 0. The highest BCUT2D eigenvalue weighted by Crippen LogP contribution is 2.19. The first-order valence-electron chi connectivity index (χ1n) is 6.58. The molecular formula is C15H19N3O2. The van der Waals surface area contributed by atoms with Crippen LogP contribution in [0.4, 0.5) is 0 Å². The van der Waals surface area contributed by atoms with Gasteiger partial charge in [0.05, 0.1) is 12.5 Å². The molecule has 1 heterocycles. The average molecular weight is 273 g/mol. The summed E-state index contributed by atoms with van der Waals surface area (Å²) in [5.41, 5.74) is 7.77. The van der Waals surface area contributed by atoms with Crippen LogP contribution in [0.1, 0.15) is 30.0 Å². The third-order valence-corrected chi connectivity index (χ3v) is 3.26. The van der Waals surface area contributed by atoms with Gasteiger partial charge in [-0.1, -0.05) is 42.4 Å². The highest BCUT2D eigenvalue weighted by Gasteiger charge is 2.21. The predicted molar refractivity (Wildman–Crippen MR) is 75.6 cm³/mol. The Kier molecular flexibility index (Phi) is 4.53. The number of rotatable bonds is 5. The van der Waals surface area contributed by atoms with Crippen LogP contribution >= 0.6 is 0 Å². The minimum Gasteiger partial charge on any atom is -0.361 e. The molecular weight excluding hydrogens is 254 g/mol. The van der Waals surface area contributed by atoms with Gasteiger partial charge < -0.3 is 15.6 Å². The number of aromatic nitrogens is 1. The van der Waals surface area contributed by atoms with E-state index in [1.807, 2.05) is 44.2 Å². The second kappa shape index (κ2) is 6.34. The molecule has 3 N–H and O–H groups in total. The van der Waals surface area contributed by atoms with Crippen LogP contribution in [0.15, 0.2) is 40.9 Å². The third-order valence-electron chi connectivity index (χ3n) is 3.26. The molecule has 0 saturated heterocycles. The number of hydrogen-bond donors (Lipinski definition) is 2. The van der Waals surface area contributed by atoms with Crippen LogP contribution in [0.3, 0.4) is 0 Å². The maximum atomic E-state index is 12.1. The molecule has 2 unspecified atom stereocenters. The van der Waals surface area contributed by atoms with Crippen molar-refractivity contribution in [3.05, 3.63) is 53.4 Å². The van der Waals surface area contributed by atoms with Gasteiger partial charge in [-0.2, -0.15) is 0 Å². The summed E-state index contributed by atoms with van der Waals surface area (Å²) in [5.74, 6) is 0.315. The lowest BCUT2D eigenvalue weighted by molar-refractivity contribution is -0.125. The van der Waals surface area contributed by atoms with Gasteiger partial charge in [0, 0.05) is 12.1 Å². The number of nitrogens with two attached hydrogens (primary N) is 1. The van der Waals surface area contributed by atoms with E-state index < -0.39 is 0 Å². The minimum absolute atomic E-state index is 0.0954. The van der Waals surface area contributed by atoms with Gasteiger partial charge in [0.1, 0.15) is 11.5 Å². The smallest absolute Gasteiger partial charge is 0.225 e. The molecule has 2 aromatic rings. The van der Waals surface area contributed by atoms with Gasteiger partial charge >= 0.3 is 0 Å². The van der Waals surface area contributed by atoms with Crippen LogP contribution < -0.4 is 11.1 Å². The number of amides is 1. The molecule has 106 valence electrons. The predicted octanol–water partition coefficient (Wildman–Crippen LogP) is 1.94. The Morgan fingerprint density at radius 3 is 2.70 bits per heavy atom. The summed E-state index contributed by atoms with van der Waals surface area (Å²) < 4.78 is 4.95. The standard InChI is InChI=1S/C15H19N3O2/c1-10-8-13(18-20-10)9-17-15(19)11(2)14(16)12-6-4-3-5-7-12/h3-8,11,14H,9,16H2,1-2H3,(H,17,19). The Labute approximate surface area is 118 Å². The molecule has 0 saturated carbocycles. The van der Waals surface area contributed by atoms with Crippen LogP contribution in [-0.4, -0.2) is 11.1 Å². The van der Waals surface area contributed by atoms with E-state index in [-0.39, 0.29) is 17.9 Å². The van der Waals surface area contributed by atoms with Crippen molar-refractivity contribution in [3.8, 4) is 0 Å². The lowest BCUT2D eigenvalue weighted by Crippen LogP contribution is -2.35. The van der Waals surface area contributed by atoms with Crippen molar-refractivity contribution in [2.75, 3.05) is 0 Å². The molecule has 2 atom stereocenters. The summed E-state index contributed by atoms with van der Waals surface area (Å²) in [6.45, 7) is 3.98. The van der Waals surface area contributed by atoms with Crippen LogP contribution in [0.25, 0.3) is 0 Å². The second-order valence-electron chi connectivity index (χ2n) is 4.87. The summed E-state index contributed by atoms with van der Waals surface area (Å²) in [4.78, 5) is 12.1. The van der Waals surface area contributed by atoms with Gasteiger partial charge in [0.25, 0.3) is 0 Å². The average Bonchev–Trinajstić information content (AvgIpc) is 2.89. The topological polar surface area (TPSA) is 81.2 Å². The molecule has 0 bridgehead atoms. The highest BCUT2D eigenvalue weighted by molar-refractivity contribution is 5.79. The number of nitrogens with zero attached hydrogens (tertiary/aromatic N) is 1. The normalized spacial score (nSPS) is 13.8. The maximum Gasteiger partial charge on any atom is 0.225 e. The van der Waals surface area contributed by atoms with Crippen molar-refractivity contribution in [1.29, 1.82) is 0 Å². The zero-order chi connectivity index (χ0) is 14.5. The fourth-order valence-corrected chi connectivity index (χ4v) is 1.97. The zero-order valence-electron chi connectivity index (χ0n) is 11.7. The Bertz CT molecular complexity index is 566. The summed E-state index contributed by atoms with van der Waals surface area (Å²) >= 11 is 0. The Balaban J connectivity index is 1.91. The van der Waals surface area contributed by atoms with E-state index in [0.29, 0.717) is 12.2 Å². The molecule has 0 aliphatic rings. The first-order valence-corrected chi connectivity index (χ1v) is 6.58. The van der Waals surface area contributed by atoms with Gasteiger partial charge in [-0.05, 0) is 12.5 Å². The number of carbonyl (C=O) groups excluding carboxylic acids is 1. The zero-order valence-corrected chi connectivity index (χ0v) is 11.7. The van der Waals surface area contributed by atoms with E-state index in [2.05, 4.69) is 10.5 Å². The summed E-state index contributed by atoms with van der Waals surface area (Å²) in [6.07, 6.45) is 0. The number of nitrogens with one attached hydrogen (secondary N) is 1. The van der Waals surface area contributed by atoms with Crippen molar-refractivity contribution < 1.29 is 9.32 Å². The Hall–Kier alpha value is -2.14. The van der Waals surface area contributed by atoms with Gasteiger partial charge in [0.2, 0.25) is 5.91 Å². The minimum atomic E-state index is -0.324. The third kappa shape index (κ3) is 3.45. The second-order valence-corrected chi connectivity index (χ2v) is 4.87. The van der Waals surface area contributed by atoms with Crippen LogP contribution in [0.2, 0.25) is 0 Å². The van der Waals surface area contributed by atoms with E-state index in [4.69, 9.17) is 10.3 Å². The molecule has 0 spiro atoms. The Morgan fingerprint density at radius 1 is 1.40 bits per heavy atom. The van der Waals surface area contributed by atoms with Crippen molar-refractivity contribution in [1.82, 2.24) is 10.5 Å². The van der Waals surface area contributed by atoms with Crippen molar-refractivity contribution in [2.45, 2.75) is 26.4 Å². The summed E-state index contributed by atoms with van der Waals surface area (Å²) in [6, 6.07) is 11.1. The van der Waals surface area contributed by atoms with E-state index in [9.17, 15) is 4.79 Å². The molecule has 0 radical (unpaired) electrons. The van der Waals surface area contributed by atoms with Gasteiger partial charge in [-0.25, -0.2) is 0 Å².